The zero-order valence-corrected chi connectivity index (χ0v) is 13.3. The summed E-state index contributed by atoms with van der Waals surface area (Å²) in [6, 6.07) is 4.58. The molecule has 5 heteroatoms. The number of likely N-dealkylation sites (tertiary alicyclic amines) is 1. The third-order valence-corrected chi connectivity index (χ3v) is 4.78. The molecule has 0 aliphatic carbocycles. The van der Waals surface area contributed by atoms with Gasteiger partial charge in [-0.1, -0.05) is 18.9 Å². The van der Waals surface area contributed by atoms with Crippen molar-refractivity contribution in [2.75, 3.05) is 33.7 Å². The van der Waals surface area contributed by atoms with Gasteiger partial charge >= 0.3 is 6.03 Å². The number of hydrogen-bond acceptors (Lipinski definition) is 3. The number of carbonyl (C=O) groups is 1. The van der Waals surface area contributed by atoms with Gasteiger partial charge in [-0.2, -0.15) is 0 Å². The summed E-state index contributed by atoms with van der Waals surface area (Å²) in [6.07, 6.45) is 5.20. The van der Waals surface area contributed by atoms with Crippen molar-refractivity contribution in [2.24, 2.45) is 0 Å². The van der Waals surface area contributed by atoms with Gasteiger partial charge in [0, 0.05) is 25.5 Å². The minimum atomic E-state index is -0.0126. The van der Waals surface area contributed by atoms with Crippen molar-refractivity contribution >= 4 is 17.4 Å². The molecule has 0 aromatic carbocycles. The second-order valence-corrected chi connectivity index (χ2v) is 6.54. The molecule has 0 saturated carbocycles. The summed E-state index contributed by atoms with van der Waals surface area (Å²) >= 11 is 1.78. The molecule has 1 unspecified atom stereocenters. The zero-order valence-electron chi connectivity index (χ0n) is 12.5. The molecule has 1 aromatic heterocycles. The molecule has 2 heterocycles. The number of amides is 2. The molecule has 2 rings (SSSR count). The Morgan fingerprint density at radius 2 is 2.05 bits per heavy atom. The standard InChI is InChI=1S/C15H25N3OS/c1-17(2)15(19)16-12-13(14-8-7-11-20-14)18-9-5-3-4-6-10-18/h7-8,11,13H,3-6,9-10,12H2,1-2H3,(H,16,19). The van der Waals surface area contributed by atoms with E-state index < -0.39 is 0 Å². The van der Waals surface area contributed by atoms with Crippen molar-refractivity contribution in [2.45, 2.75) is 31.7 Å². The third-order valence-electron chi connectivity index (χ3n) is 3.81. The molecular weight excluding hydrogens is 270 g/mol. The van der Waals surface area contributed by atoms with E-state index in [1.807, 2.05) is 0 Å². The van der Waals surface area contributed by atoms with Gasteiger partial charge in [0.25, 0.3) is 0 Å². The third kappa shape index (κ3) is 4.21. The molecule has 0 radical (unpaired) electrons. The van der Waals surface area contributed by atoms with Crippen molar-refractivity contribution in [3.05, 3.63) is 22.4 Å². The van der Waals surface area contributed by atoms with Crippen LogP contribution in [0.3, 0.4) is 0 Å². The predicted molar refractivity (Wildman–Crippen MR) is 84.2 cm³/mol. The number of nitrogens with one attached hydrogen (secondary N) is 1. The Hall–Kier alpha value is -1.07. The SMILES string of the molecule is CN(C)C(=O)NCC(c1cccs1)N1CCCCCC1. The van der Waals surface area contributed by atoms with Crippen LogP contribution in [0.5, 0.6) is 0 Å². The zero-order chi connectivity index (χ0) is 14.4. The molecular formula is C15H25N3OS. The first-order valence-corrected chi connectivity index (χ1v) is 8.29. The van der Waals surface area contributed by atoms with Crippen LogP contribution in [0.15, 0.2) is 17.5 Å². The summed E-state index contributed by atoms with van der Waals surface area (Å²) in [4.78, 5) is 17.2. The summed E-state index contributed by atoms with van der Waals surface area (Å²) in [7, 11) is 3.56. The van der Waals surface area contributed by atoms with Crippen molar-refractivity contribution in [1.29, 1.82) is 0 Å². The van der Waals surface area contributed by atoms with E-state index in [9.17, 15) is 4.79 Å². The maximum Gasteiger partial charge on any atom is 0.316 e. The van der Waals surface area contributed by atoms with E-state index in [4.69, 9.17) is 0 Å². The van der Waals surface area contributed by atoms with Crippen LogP contribution in [0.2, 0.25) is 0 Å². The summed E-state index contributed by atoms with van der Waals surface area (Å²) in [6.45, 7) is 2.97. The number of urea groups is 1. The predicted octanol–water partition coefficient (Wildman–Crippen LogP) is 2.94. The van der Waals surface area contributed by atoms with Gasteiger partial charge < -0.3 is 10.2 Å². The van der Waals surface area contributed by atoms with E-state index in [1.165, 1.54) is 30.6 Å². The summed E-state index contributed by atoms with van der Waals surface area (Å²) in [5, 5.41) is 5.16. The van der Waals surface area contributed by atoms with Crippen molar-refractivity contribution in [3.63, 3.8) is 0 Å². The van der Waals surface area contributed by atoms with Gasteiger partial charge in [0.15, 0.2) is 0 Å². The van der Waals surface area contributed by atoms with Gasteiger partial charge in [-0.3, -0.25) is 4.90 Å². The number of hydrogen-bond donors (Lipinski definition) is 1. The Labute approximate surface area is 125 Å². The molecule has 1 aliphatic heterocycles. The van der Waals surface area contributed by atoms with Gasteiger partial charge in [0.1, 0.15) is 0 Å². The smallest absolute Gasteiger partial charge is 0.316 e. The van der Waals surface area contributed by atoms with E-state index in [2.05, 4.69) is 27.7 Å². The van der Waals surface area contributed by atoms with Crippen molar-refractivity contribution < 1.29 is 4.79 Å². The number of nitrogens with zero attached hydrogens (tertiary/aromatic N) is 2. The molecule has 4 nitrogen and oxygen atoms in total. The van der Waals surface area contributed by atoms with Crippen LogP contribution in [-0.4, -0.2) is 49.6 Å². The Bertz CT molecular complexity index is 397. The first-order valence-electron chi connectivity index (χ1n) is 7.41. The molecule has 20 heavy (non-hydrogen) atoms. The average molecular weight is 295 g/mol. The van der Waals surface area contributed by atoms with Crippen LogP contribution in [0.4, 0.5) is 4.79 Å². The Balaban J connectivity index is 2.02. The van der Waals surface area contributed by atoms with Gasteiger partial charge in [-0.15, -0.1) is 11.3 Å². The van der Waals surface area contributed by atoms with Crippen LogP contribution >= 0.6 is 11.3 Å². The fourth-order valence-electron chi connectivity index (χ4n) is 2.64. The summed E-state index contributed by atoms with van der Waals surface area (Å²) in [5.74, 6) is 0. The number of carbonyl (C=O) groups excluding carboxylic acids is 1. The van der Waals surface area contributed by atoms with Crippen LogP contribution < -0.4 is 5.32 Å². The molecule has 1 atom stereocenters. The van der Waals surface area contributed by atoms with Crippen LogP contribution in [0.25, 0.3) is 0 Å². The highest BCUT2D eigenvalue weighted by Crippen LogP contribution is 2.27. The Kier molecular flexibility index (Phi) is 5.86. The molecule has 0 bridgehead atoms. The molecule has 0 spiro atoms. The second-order valence-electron chi connectivity index (χ2n) is 5.56. The lowest BCUT2D eigenvalue weighted by atomic mass is 10.2. The normalized spacial score (nSPS) is 18.3. The fraction of sp³-hybridized carbons (Fsp3) is 0.667. The van der Waals surface area contributed by atoms with E-state index in [-0.39, 0.29) is 6.03 Å². The Morgan fingerprint density at radius 3 is 2.60 bits per heavy atom. The highest BCUT2D eigenvalue weighted by Gasteiger charge is 2.23. The Morgan fingerprint density at radius 1 is 1.35 bits per heavy atom. The van der Waals surface area contributed by atoms with Gasteiger partial charge in [-0.05, 0) is 37.4 Å². The molecule has 1 fully saturated rings. The maximum atomic E-state index is 11.8. The van der Waals surface area contributed by atoms with Crippen molar-refractivity contribution in [3.8, 4) is 0 Å². The van der Waals surface area contributed by atoms with Crippen LogP contribution in [0.1, 0.15) is 36.6 Å². The molecule has 112 valence electrons. The first-order chi connectivity index (χ1) is 9.68. The topological polar surface area (TPSA) is 35.6 Å². The van der Waals surface area contributed by atoms with Crippen LogP contribution in [0, 0.1) is 0 Å². The monoisotopic (exact) mass is 295 g/mol. The summed E-state index contributed by atoms with van der Waals surface area (Å²) in [5.41, 5.74) is 0. The summed E-state index contributed by atoms with van der Waals surface area (Å²) < 4.78 is 0. The number of thiophene rings is 1. The van der Waals surface area contributed by atoms with Gasteiger partial charge in [-0.25, -0.2) is 4.79 Å². The number of rotatable bonds is 4. The van der Waals surface area contributed by atoms with Crippen molar-refractivity contribution in [1.82, 2.24) is 15.1 Å². The highest BCUT2D eigenvalue weighted by molar-refractivity contribution is 7.10. The molecule has 1 saturated heterocycles. The fourth-order valence-corrected chi connectivity index (χ4v) is 3.50. The first kappa shape index (κ1) is 15.3. The van der Waals surface area contributed by atoms with E-state index in [0.717, 1.165) is 13.1 Å². The molecule has 1 aromatic rings. The quantitative estimate of drug-likeness (QED) is 0.927. The highest BCUT2D eigenvalue weighted by atomic mass is 32.1. The maximum absolute atomic E-state index is 11.8. The lowest BCUT2D eigenvalue weighted by Crippen LogP contribution is -2.41. The lowest BCUT2D eigenvalue weighted by Gasteiger charge is -2.30. The van der Waals surface area contributed by atoms with Crippen LogP contribution in [-0.2, 0) is 0 Å². The van der Waals surface area contributed by atoms with E-state index >= 15 is 0 Å². The van der Waals surface area contributed by atoms with E-state index in [0.29, 0.717) is 12.6 Å². The minimum absolute atomic E-state index is 0.0126. The van der Waals surface area contributed by atoms with E-state index in [1.54, 1.807) is 30.3 Å². The second kappa shape index (κ2) is 7.64. The lowest BCUT2D eigenvalue weighted by molar-refractivity contribution is 0.190. The van der Waals surface area contributed by atoms with Gasteiger partial charge in [0.05, 0.1) is 6.04 Å². The molecule has 1 N–H and O–H groups in total. The molecule has 2 amide bonds. The van der Waals surface area contributed by atoms with Gasteiger partial charge in [0.2, 0.25) is 0 Å². The largest absolute Gasteiger partial charge is 0.336 e. The molecule has 1 aliphatic rings. The average Bonchev–Trinajstić information content (AvgIpc) is 2.82. The minimum Gasteiger partial charge on any atom is -0.336 e.